The van der Waals surface area contributed by atoms with E-state index in [1.54, 1.807) is 6.20 Å². The number of hydrogen-bond donors (Lipinski definition) is 2. The van der Waals surface area contributed by atoms with Gasteiger partial charge in [-0.05, 0) is 55.0 Å². The van der Waals surface area contributed by atoms with Gasteiger partial charge in [0.1, 0.15) is 11.9 Å². The van der Waals surface area contributed by atoms with Crippen molar-refractivity contribution in [2.75, 3.05) is 16.8 Å². The number of aryl methyl sites for hydroxylation is 1. The van der Waals surface area contributed by atoms with Crippen LogP contribution in [0.1, 0.15) is 56.9 Å². The Bertz CT molecular complexity index is 1500. The van der Waals surface area contributed by atoms with Crippen molar-refractivity contribution in [1.29, 1.82) is 0 Å². The third kappa shape index (κ3) is 6.82. The number of carbonyl (C=O) groups is 1. The largest absolute Gasteiger partial charge is 0.441 e. The van der Waals surface area contributed by atoms with E-state index in [1.165, 1.54) is 5.56 Å². The average molecular weight is 551 g/mol. The Morgan fingerprint density at radius 1 is 1.07 bits per heavy atom. The molecule has 2 atom stereocenters. The highest BCUT2D eigenvalue weighted by Crippen LogP contribution is 2.37. The van der Waals surface area contributed by atoms with Gasteiger partial charge in [0.25, 0.3) is 0 Å². The summed E-state index contributed by atoms with van der Waals surface area (Å²) in [5.41, 5.74) is 11.5. The van der Waals surface area contributed by atoms with Crippen LogP contribution in [0.5, 0.6) is 0 Å². The van der Waals surface area contributed by atoms with Gasteiger partial charge < -0.3 is 20.7 Å². The standard InChI is InChI=1S/C33H38N6O2/c1-22(18-23-10-8-13-25(19-23)30(33(2,3)4)41-31(34)40)37-32-35-16-15-29(38-32)39-17-9-14-26-21-36-27(20-28(26)39)24-11-6-5-7-12-24/h5-8,10-13,15-16,19-22,30H,9,14,17-18H2,1-4H3,(H2,34,40)(H,35,37,38)/t22?,30-/m1/s1. The Morgan fingerprint density at radius 2 is 1.88 bits per heavy atom. The highest BCUT2D eigenvalue weighted by molar-refractivity contribution is 5.72. The SMILES string of the molecule is CC(Cc1cccc([C@@H](OC(N)=O)C(C)(C)C)c1)Nc1nccc(N2CCCc3cnc(-c4ccccc4)cc32)n1. The topological polar surface area (TPSA) is 106 Å². The Kier molecular flexibility index (Phi) is 8.19. The smallest absolute Gasteiger partial charge is 0.405 e. The number of ether oxygens (including phenoxy) is 1. The molecule has 1 amide bonds. The summed E-state index contributed by atoms with van der Waals surface area (Å²) in [6.07, 6.45) is 5.38. The van der Waals surface area contributed by atoms with Crippen LogP contribution in [0, 0.1) is 5.41 Å². The number of rotatable bonds is 8. The Morgan fingerprint density at radius 3 is 2.63 bits per heavy atom. The van der Waals surface area contributed by atoms with Crippen molar-refractivity contribution in [2.24, 2.45) is 11.1 Å². The van der Waals surface area contributed by atoms with Crippen molar-refractivity contribution >= 4 is 23.5 Å². The number of benzene rings is 2. The molecule has 8 nitrogen and oxygen atoms in total. The Labute approximate surface area is 242 Å². The van der Waals surface area contributed by atoms with E-state index in [2.05, 4.69) is 52.5 Å². The van der Waals surface area contributed by atoms with Crippen molar-refractivity contribution in [2.45, 2.75) is 59.1 Å². The summed E-state index contributed by atoms with van der Waals surface area (Å²) in [5.74, 6) is 1.44. The number of pyridine rings is 1. The first-order valence-corrected chi connectivity index (χ1v) is 14.1. The fraction of sp³-hybridized carbons (Fsp3) is 0.333. The van der Waals surface area contributed by atoms with Crippen molar-refractivity contribution < 1.29 is 9.53 Å². The molecule has 0 saturated heterocycles. The van der Waals surface area contributed by atoms with Crippen LogP contribution in [0.3, 0.4) is 0 Å². The minimum Gasteiger partial charge on any atom is -0.441 e. The second-order valence-corrected chi connectivity index (χ2v) is 11.7. The molecule has 1 unspecified atom stereocenters. The lowest BCUT2D eigenvalue weighted by atomic mass is 9.84. The summed E-state index contributed by atoms with van der Waals surface area (Å²) in [5, 5.41) is 3.48. The Balaban J connectivity index is 1.32. The zero-order valence-corrected chi connectivity index (χ0v) is 24.2. The third-order valence-corrected chi connectivity index (χ3v) is 7.26. The van der Waals surface area contributed by atoms with E-state index >= 15 is 0 Å². The second-order valence-electron chi connectivity index (χ2n) is 11.7. The maximum absolute atomic E-state index is 11.6. The molecule has 5 rings (SSSR count). The molecule has 0 aliphatic carbocycles. The number of anilines is 3. The maximum Gasteiger partial charge on any atom is 0.405 e. The van der Waals surface area contributed by atoms with Crippen LogP contribution < -0.4 is 16.0 Å². The molecular weight excluding hydrogens is 512 g/mol. The fourth-order valence-corrected chi connectivity index (χ4v) is 5.41. The van der Waals surface area contributed by atoms with E-state index in [1.807, 2.05) is 63.4 Å². The molecule has 3 N–H and O–H groups in total. The molecule has 0 saturated carbocycles. The minimum absolute atomic E-state index is 0.0631. The first kappa shape index (κ1) is 28.1. The molecule has 0 spiro atoms. The minimum atomic E-state index is -0.772. The predicted octanol–water partition coefficient (Wildman–Crippen LogP) is 6.85. The lowest BCUT2D eigenvalue weighted by Crippen LogP contribution is -2.27. The number of nitrogens with two attached hydrogens (primary N) is 1. The van der Waals surface area contributed by atoms with Gasteiger partial charge in [-0.25, -0.2) is 9.78 Å². The first-order chi connectivity index (χ1) is 19.7. The number of amides is 1. The number of aromatic nitrogens is 3. The molecule has 4 aromatic rings. The van der Waals surface area contributed by atoms with E-state index < -0.39 is 12.2 Å². The van der Waals surface area contributed by atoms with Crippen LogP contribution in [0.25, 0.3) is 11.3 Å². The van der Waals surface area contributed by atoms with E-state index in [0.29, 0.717) is 5.95 Å². The summed E-state index contributed by atoms with van der Waals surface area (Å²) in [7, 11) is 0. The van der Waals surface area contributed by atoms with Crippen LogP contribution in [0.15, 0.2) is 79.1 Å². The van der Waals surface area contributed by atoms with E-state index in [-0.39, 0.29) is 11.5 Å². The molecule has 8 heteroatoms. The molecule has 41 heavy (non-hydrogen) atoms. The molecule has 0 bridgehead atoms. The molecule has 1 aliphatic rings. The summed E-state index contributed by atoms with van der Waals surface area (Å²) in [6, 6.07) is 22.6. The van der Waals surface area contributed by atoms with Crippen molar-refractivity contribution in [3.05, 3.63) is 95.8 Å². The molecule has 3 heterocycles. The van der Waals surface area contributed by atoms with Crippen LogP contribution in [0.2, 0.25) is 0 Å². The number of primary amides is 1. The van der Waals surface area contributed by atoms with E-state index in [4.69, 9.17) is 20.4 Å². The van der Waals surface area contributed by atoms with Crippen LogP contribution in [-0.4, -0.2) is 33.6 Å². The van der Waals surface area contributed by atoms with Crippen LogP contribution in [0.4, 0.5) is 22.2 Å². The van der Waals surface area contributed by atoms with Gasteiger partial charge in [0.15, 0.2) is 0 Å². The zero-order chi connectivity index (χ0) is 29.0. The quantitative estimate of drug-likeness (QED) is 0.247. The van der Waals surface area contributed by atoms with E-state index in [0.717, 1.165) is 59.7 Å². The lowest BCUT2D eigenvalue weighted by molar-refractivity contribution is 0.0359. The van der Waals surface area contributed by atoms with Gasteiger partial charge in [-0.3, -0.25) is 4.98 Å². The molecular formula is C33H38N6O2. The third-order valence-electron chi connectivity index (χ3n) is 7.26. The normalized spacial score (nSPS) is 14.6. The van der Waals surface area contributed by atoms with Gasteiger partial charge in [0.05, 0.1) is 5.69 Å². The highest BCUT2D eigenvalue weighted by Gasteiger charge is 2.30. The summed E-state index contributed by atoms with van der Waals surface area (Å²) in [4.78, 5) is 28.0. The molecule has 1 aliphatic heterocycles. The van der Waals surface area contributed by atoms with Crippen molar-refractivity contribution in [1.82, 2.24) is 15.0 Å². The number of nitrogens with zero attached hydrogens (tertiary/aromatic N) is 4. The van der Waals surface area contributed by atoms with Crippen LogP contribution in [-0.2, 0) is 17.6 Å². The maximum atomic E-state index is 11.6. The number of fused-ring (bicyclic) bond motifs is 1. The van der Waals surface area contributed by atoms with Gasteiger partial charge >= 0.3 is 6.09 Å². The van der Waals surface area contributed by atoms with Crippen molar-refractivity contribution in [3.63, 3.8) is 0 Å². The summed E-state index contributed by atoms with van der Waals surface area (Å²) >= 11 is 0. The van der Waals surface area contributed by atoms with E-state index in [9.17, 15) is 4.79 Å². The monoisotopic (exact) mass is 550 g/mol. The van der Waals surface area contributed by atoms with Gasteiger partial charge in [0.2, 0.25) is 5.95 Å². The molecule has 212 valence electrons. The molecule has 2 aromatic heterocycles. The summed E-state index contributed by atoms with van der Waals surface area (Å²) < 4.78 is 5.48. The molecule has 0 fully saturated rings. The number of carbonyl (C=O) groups excluding carboxylic acids is 1. The fourth-order valence-electron chi connectivity index (χ4n) is 5.41. The Hall–Kier alpha value is -4.46. The first-order valence-electron chi connectivity index (χ1n) is 14.1. The van der Waals surface area contributed by atoms with Crippen molar-refractivity contribution in [3.8, 4) is 11.3 Å². The predicted molar refractivity (Wildman–Crippen MR) is 163 cm³/mol. The van der Waals surface area contributed by atoms with Gasteiger partial charge in [-0.2, -0.15) is 4.98 Å². The molecule has 0 radical (unpaired) electrons. The zero-order valence-electron chi connectivity index (χ0n) is 24.2. The van der Waals surface area contributed by atoms with Crippen LogP contribution >= 0.6 is 0 Å². The number of hydrogen-bond acceptors (Lipinski definition) is 7. The second kappa shape index (κ2) is 12.0. The molecule has 2 aromatic carbocycles. The highest BCUT2D eigenvalue weighted by atomic mass is 16.6. The lowest BCUT2D eigenvalue weighted by Gasteiger charge is -2.31. The number of nitrogens with one attached hydrogen (secondary N) is 1. The summed E-state index contributed by atoms with van der Waals surface area (Å²) in [6.45, 7) is 9.08. The van der Waals surface area contributed by atoms with Gasteiger partial charge in [-0.15, -0.1) is 0 Å². The van der Waals surface area contributed by atoms with Gasteiger partial charge in [0, 0.05) is 41.6 Å². The van der Waals surface area contributed by atoms with Gasteiger partial charge in [-0.1, -0.05) is 75.4 Å². The average Bonchev–Trinajstić information content (AvgIpc) is 2.95.